The zero-order chi connectivity index (χ0) is 21.2. The second-order valence-corrected chi connectivity index (χ2v) is 7.41. The van der Waals surface area contributed by atoms with Crippen LogP contribution in [-0.4, -0.2) is 59.2 Å². The van der Waals surface area contributed by atoms with E-state index in [-0.39, 0.29) is 5.91 Å². The third-order valence-corrected chi connectivity index (χ3v) is 5.46. The maximum absolute atomic E-state index is 12.6. The van der Waals surface area contributed by atoms with Gasteiger partial charge in [-0.05, 0) is 36.4 Å². The van der Waals surface area contributed by atoms with Crippen molar-refractivity contribution in [1.29, 1.82) is 0 Å². The Morgan fingerprint density at radius 3 is 2.58 bits per heavy atom. The molecule has 31 heavy (non-hydrogen) atoms. The van der Waals surface area contributed by atoms with Crippen molar-refractivity contribution in [2.24, 2.45) is 0 Å². The summed E-state index contributed by atoms with van der Waals surface area (Å²) in [7, 11) is 1.66. The van der Waals surface area contributed by atoms with E-state index < -0.39 is 0 Å². The van der Waals surface area contributed by atoms with Gasteiger partial charge in [0.2, 0.25) is 0 Å². The number of aromatic nitrogens is 3. The van der Waals surface area contributed by atoms with Gasteiger partial charge in [-0.3, -0.25) is 9.78 Å². The molecule has 0 unspecified atom stereocenters. The fourth-order valence-corrected chi connectivity index (χ4v) is 3.74. The number of carbonyl (C=O) groups is 1. The molecule has 1 fully saturated rings. The lowest BCUT2D eigenvalue weighted by molar-refractivity contribution is 0.0303. The van der Waals surface area contributed by atoms with E-state index in [2.05, 4.69) is 9.97 Å². The minimum atomic E-state index is 0.0307. The van der Waals surface area contributed by atoms with Crippen molar-refractivity contribution in [3.05, 3.63) is 66.5 Å². The van der Waals surface area contributed by atoms with E-state index in [9.17, 15) is 4.79 Å². The van der Waals surface area contributed by atoms with Crippen LogP contribution >= 0.6 is 0 Å². The number of methoxy groups -OCH3 is 1. The highest BCUT2D eigenvalue weighted by Crippen LogP contribution is 2.27. The number of aromatic amines is 1. The topological polar surface area (TPSA) is 80.3 Å². The zero-order valence-corrected chi connectivity index (χ0v) is 17.2. The molecule has 2 aromatic heterocycles. The van der Waals surface area contributed by atoms with Crippen LogP contribution in [0.15, 0.2) is 60.9 Å². The number of fused-ring (bicyclic) bond motifs is 1. The third kappa shape index (κ3) is 3.87. The monoisotopic (exact) mass is 414 g/mol. The lowest BCUT2D eigenvalue weighted by atomic mass is 10.1. The predicted molar refractivity (Wildman–Crippen MR) is 118 cm³/mol. The Bertz CT molecular complexity index is 1230. The molecule has 0 radical (unpaired) electrons. The molecule has 1 aliphatic heterocycles. The van der Waals surface area contributed by atoms with Gasteiger partial charge in [-0.25, -0.2) is 4.98 Å². The molecule has 1 saturated heterocycles. The molecule has 1 amide bonds. The Kier molecular flexibility index (Phi) is 5.09. The summed E-state index contributed by atoms with van der Waals surface area (Å²) in [6.07, 6.45) is 3.47. The van der Waals surface area contributed by atoms with Crippen LogP contribution in [0.3, 0.4) is 0 Å². The summed E-state index contributed by atoms with van der Waals surface area (Å²) in [5.41, 5.74) is 4.97. The number of H-pyrrole nitrogens is 1. The smallest absolute Gasteiger partial charge is 0.254 e. The molecule has 4 aromatic rings. The van der Waals surface area contributed by atoms with Crippen LogP contribution in [0.4, 0.5) is 0 Å². The fourth-order valence-electron chi connectivity index (χ4n) is 3.74. The van der Waals surface area contributed by atoms with Crippen LogP contribution in [0.25, 0.3) is 33.5 Å². The number of morpholine rings is 1. The number of hydrogen-bond acceptors (Lipinski definition) is 5. The van der Waals surface area contributed by atoms with Crippen molar-refractivity contribution < 1.29 is 14.3 Å². The predicted octanol–water partition coefficient (Wildman–Crippen LogP) is 3.77. The van der Waals surface area contributed by atoms with Crippen molar-refractivity contribution in [1.82, 2.24) is 19.9 Å². The summed E-state index contributed by atoms with van der Waals surface area (Å²) in [5, 5.41) is 1.05. The summed E-state index contributed by atoms with van der Waals surface area (Å²) < 4.78 is 10.6. The Balaban J connectivity index is 1.40. The summed E-state index contributed by atoms with van der Waals surface area (Å²) in [6.45, 7) is 2.44. The number of rotatable bonds is 4. The molecule has 0 spiro atoms. The maximum Gasteiger partial charge on any atom is 0.254 e. The lowest BCUT2D eigenvalue weighted by Crippen LogP contribution is -2.40. The number of ether oxygens (including phenoxy) is 2. The number of benzene rings is 2. The largest absolute Gasteiger partial charge is 0.497 e. The second kappa shape index (κ2) is 8.20. The Morgan fingerprint density at radius 1 is 1.03 bits per heavy atom. The molecule has 0 aliphatic carbocycles. The maximum atomic E-state index is 12.6. The number of nitrogens with zero attached hydrogens (tertiary/aromatic N) is 3. The lowest BCUT2D eigenvalue weighted by Gasteiger charge is -2.26. The molecule has 2 aromatic carbocycles. The average Bonchev–Trinajstić information content (AvgIpc) is 3.28. The molecule has 7 heteroatoms. The van der Waals surface area contributed by atoms with Gasteiger partial charge in [-0.15, -0.1) is 0 Å². The van der Waals surface area contributed by atoms with Crippen LogP contribution in [0.2, 0.25) is 0 Å². The Labute approximate surface area is 179 Å². The molecule has 1 N–H and O–H groups in total. The van der Waals surface area contributed by atoms with E-state index in [1.807, 2.05) is 53.4 Å². The van der Waals surface area contributed by atoms with Crippen LogP contribution in [0.1, 0.15) is 10.4 Å². The van der Waals surface area contributed by atoms with Gasteiger partial charge in [-0.2, -0.15) is 0 Å². The summed E-state index contributed by atoms with van der Waals surface area (Å²) in [4.78, 5) is 27.0. The van der Waals surface area contributed by atoms with Crippen molar-refractivity contribution in [3.63, 3.8) is 0 Å². The van der Waals surface area contributed by atoms with Crippen LogP contribution < -0.4 is 4.74 Å². The highest BCUT2D eigenvalue weighted by Gasteiger charge is 2.18. The quantitative estimate of drug-likeness (QED) is 0.550. The van der Waals surface area contributed by atoms with Gasteiger partial charge in [0, 0.05) is 35.1 Å². The first-order chi connectivity index (χ1) is 15.2. The SMILES string of the molecule is COc1ccc2[nH]c(-c3cncc(-c4ccc(C(=O)N5CCOCC5)cc4)n3)cc2c1. The van der Waals surface area contributed by atoms with E-state index in [0.717, 1.165) is 39.3 Å². The van der Waals surface area contributed by atoms with Crippen molar-refractivity contribution >= 4 is 16.8 Å². The van der Waals surface area contributed by atoms with E-state index >= 15 is 0 Å². The summed E-state index contributed by atoms with van der Waals surface area (Å²) >= 11 is 0. The zero-order valence-electron chi connectivity index (χ0n) is 17.2. The molecule has 156 valence electrons. The van der Waals surface area contributed by atoms with Crippen molar-refractivity contribution in [3.8, 4) is 28.4 Å². The number of hydrogen-bond donors (Lipinski definition) is 1. The molecule has 1 aliphatic rings. The molecule has 0 bridgehead atoms. The van der Waals surface area contributed by atoms with Gasteiger partial charge in [0.05, 0.1) is 44.1 Å². The fraction of sp³-hybridized carbons (Fsp3) is 0.208. The number of amides is 1. The van der Waals surface area contributed by atoms with Crippen LogP contribution in [0.5, 0.6) is 5.75 Å². The van der Waals surface area contributed by atoms with E-state index in [4.69, 9.17) is 14.5 Å². The van der Waals surface area contributed by atoms with Gasteiger partial charge in [0.15, 0.2) is 0 Å². The van der Waals surface area contributed by atoms with Crippen molar-refractivity contribution in [2.45, 2.75) is 0 Å². The third-order valence-electron chi connectivity index (χ3n) is 5.46. The first-order valence-electron chi connectivity index (χ1n) is 10.2. The average molecular weight is 414 g/mol. The molecule has 3 heterocycles. The normalized spacial score (nSPS) is 14.0. The minimum Gasteiger partial charge on any atom is -0.497 e. The summed E-state index contributed by atoms with van der Waals surface area (Å²) in [5.74, 6) is 0.841. The Hall–Kier alpha value is -3.71. The highest BCUT2D eigenvalue weighted by atomic mass is 16.5. The molecular weight excluding hydrogens is 392 g/mol. The Morgan fingerprint density at radius 2 is 1.81 bits per heavy atom. The van der Waals surface area contributed by atoms with E-state index in [0.29, 0.717) is 31.9 Å². The number of carbonyl (C=O) groups excluding carboxylic acids is 1. The minimum absolute atomic E-state index is 0.0307. The molecular formula is C24H22N4O3. The molecule has 7 nitrogen and oxygen atoms in total. The molecule has 5 rings (SSSR count). The first kappa shape index (κ1) is 19.3. The molecule has 0 atom stereocenters. The second-order valence-electron chi connectivity index (χ2n) is 7.41. The molecule has 0 saturated carbocycles. The van der Waals surface area contributed by atoms with Crippen molar-refractivity contribution in [2.75, 3.05) is 33.4 Å². The van der Waals surface area contributed by atoms with Gasteiger partial charge in [0.25, 0.3) is 5.91 Å². The van der Waals surface area contributed by atoms with E-state index in [1.54, 1.807) is 19.5 Å². The van der Waals surface area contributed by atoms with Gasteiger partial charge >= 0.3 is 0 Å². The van der Waals surface area contributed by atoms with Gasteiger partial charge < -0.3 is 19.4 Å². The van der Waals surface area contributed by atoms with Crippen LogP contribution in [0, 0.1) is 0 Å². The van der Waals surface area contributed by atoms with E-state index in [1.165, 1.54) is 0 Å². The standard InChI is InChI=1S/C24H22N4O3/c1-30-19-6-7-20-18(12-19)13-21(26-20)23-15-25-14-22(27-23)16-2-4-17(5-3-16)24(29)28-8-10-31-11-9-28/h2-7,12-15,26H,8-11H2,1H3. The first-order valence-corrected chi connectivity index (χ1v) is 10.2. The van der Waals surface area contributed by atoms with Gasteiger partial charge in [0.1, 0.15) is 11.4 Å². The number of nitrogens with one attached hydrogen (secondary N) is 1. The highest BCUT2D eigenvalue weighted by molar-refractivity contribution is 5.94. The van der Waals surface area contributed by atoms with Crippen LogP contribution in [-0.2, 0) is 4.74 Å². The van der Waals surface area contributed by atoms with Gasteiger partial charge in [-0.1, -0.05) is 12.1 Å². The summed E-state index contributed by atoms with van der Waals surface area (Å²) in [6, 6.07) is 15.4.